The predicted molar refractivity (Wildman–Crippen MR) is 136 cm³/mol. The maximum atomic E-state index is 12.9. The molecule has 1 atom stereocenters. The maximum absolute atomic E-state index is 12.9. The first-order valence-electron chi connectivity index (χ1n) is 12.3. The van der Waals surface area contributed by atoms with Gasteiger partial charge in [-0.2, -0.15) is 10.1 Å². The molecule has 5 heterocycles. The van der Waals surface area contributed by atoms with E-state index in [4.69, 9.17) is 14.6 Å². The lowest BCUT2D eigenvalue weighted by Gasteiger charge is -2.23. The molecule has 5 rings (SSSR count). The number of H-pyrrole nitrogens is 1. The first kappa shape index (κ1) is 24.4. The molecule has 0 radical (unpaired) electrons. The van der Waals surface area contributed by atoms with Crippen molar-refractivity contribution in [3.05, 3.63) is 59.7 Å². The summed E-state index contributed by atoms with van der Waals surface area (Å²) in [5.41, 5.74) is 2.53. The van der Waals surface area contributed by atoms with Gasteiger partial charge in [-0.25, -0.2) is 4.98 Å². The fourth-order valence-corrected chi connectivity index (χ4v) is 4.27. The molecule has 1 aliphatic heterocycles. The van der Waals surface area contributed by atoms with Crippen LogP contribution in [0.15, 0.2) is 47.1 Å². The van der Waals surface area contributed by atoms with E-state index in [0.29, 0.717) is 55.0 Å². The van der Waals surface area contributed by atoms with Gasteiger partial charge in [-0.15, -0.1) is 0 Å². The van der Waals surface area contributed by atoms with Crippen LogP contribution in [-0.4, -0.2) is 61.0 Å². The monoisotopic (exact) mass is 503 g/mol. The van der Waals surface area contributed by atoms with Crippen LogP contribution in [0.1, 0.15) is 53.7 Å². The smallest absolute Gasteiger partial charge is 0.270 e. The number of amides is 1. The van der Waals surface area contributed by atoms with Crippen LogP contribution in [-0.2, 0) is 0 Å². The third-order valence-electron chi connectivity index (χ3n) is 6.07. The second-order valence-electron chi connectivity index (χ2n) is 8.87. The molecule has 4 aromatic rings. The van der Waals surface area contributed by atoms with Crippen LogP contribution in [0.5, 0.6) is 0 Å². The Labute approximate surface area is 213 Å². The number of nitrogens with one attached hydrogen (secondary N) is 3. The number of aromatic nitrogens is 6. The van der Waals surface area contributed by atoms with Crippen LogP contribution < -0.4 is 15.5 Å². The molecule has 12 heteroatoms. The van der Waals surface area contributed by atoms with Crippen molar-refractivity contribution < 1.29 is 14.4 Å². The van der Waals surface area contributed by atoms with E-state index in [1.807, 2.05) is 42.2 Å². The van der Waals surface area contributed by atoms with Crippen LogP contribution in [0.2, 0.25) is 0 Å². The van der Waals surface area contributed by atoms with Crippen LogP contribution in [0.3, 0.4) is 0 Å². The van der Waals surface area contributed by atoms with Gasteiger partial charge in [-0.1, -0.05) is 11.2 Å². The number of rotatable bonds is 10. The highest BCUT2D eigenvalue weighted by atomic mass is 16.5. The van der Waals surface area contributed by atoms with E-state index in [9.17, 15) is 4.79 Å². The number of pyridine rings is 1. The second-order valence-corrected chi connectivity index (χ2v) is 8.87. The number of aromatic amines is 1. The molecule has 1 amide bonds. The number of anilines is 3. The Hall–Kier alpha value is -4.32. The van der Waals surface area contributed by atoms with Gasteiger partial charge in [0.25, 0.3) is 5.91 Å². The van der Waals surface area contributed by atoms with Crippen LogP contribution in [0.4, 0.5) is 17.6 Å². The highest BCUT2D eigenvalue weighted by molar-refractivity contribution is 5.93. The number of aryl methyl sites for hydroxylation is 1. The number of aliphatic hydroxyl groups is 1. The van der Waals surface area contributed by atoms with Gasteiger partial charge in [0.05, 0.1) is 11.7 Å². The largest absolute Gasteiger partial charge is 0.396 e. The zero-order valence-electron chi connectivity index (χ0n) is 20.5. The van der Waals surface area contributed by atoms with Crippen molar-refractivity contribution in [2.45, 2.75) is 38.6 Å². The Kier molecular flexibility index (Phi) is 7.36. The Morgan fingerprint density at radius 1 is 1.19 bits per heavy atom. The molecule has 0 unspecified atom stereocenters. The number of unbranched alkanes of at least 4 members (excludes halogenated alkanes) is 1. The van der Waals surface area contributed by atoms with Gasteiger partial charge in [-0.3, -0.25) is 14.9 Å². The number of aliphatic hydroxyl groups excluding tert-OH is 1. The molecular weight excluding hydrogens is 474 g/mol. The minimum absolute atomic E-state index is 0.0880. The fraction of sp³-hybridized carbons (Fsp3) is 0.360. The first-order chi connectivity index (χ1) is 18.1. The van der Waals surface area contributed by atoms with E-state index in [2.05, 4.69) is 36.0 Å². The van der Waals surface area contributed by atoms with E-state index in [0.717, 1.165) is 24.2 Å². The SMILES string of the molecule is Cc1cc(Nc2cc(C(=O)NCCCCO)nc(N3CCC[C@H]3c3cc(-c4ccccn4)no3)n2)n[nH]1. The van der Waals surface area contributed by atoms with Crippen molar-refractivity contribution in [1.82, 2.24) is 35.6 Å². The second kappa shape index (κ2) is 11.2. The van der Waals surface area contributed by atoms with Crippen molar-refractivity contribution in [1.29, 1.82) is 0 Å². The van der Waals surface area contributed by atoms with Crippen LogP contribution >= 0.6 is 0 Å². The summed E-state index contributed by atoms with van der Waals surface area (Å²) in [4.78, 5) is 28.6. The quantitative estimate of drug-likeness (QED) is 0.237. The third kappa shape index (κ3) is 5.75. The molecule has 192 valence electrons. The molecule has 0 aromatic carbocycles. The van der Waals surface area contributed by atoms with E-state index >= 15 is 0 Å². The van der Waals surface area contributed by atoms with Gasteiger partial charge < -0.3 is 25.2 Å². The van der Waals surface area contributed by atoms with Crippen molar-refractivity contribution in [2.75, 3.05) is 29.9 Å². The molecule has 4 N–H and O–H groups in total. The van der Waals surface area contributed by atoms with Crippen LogP contribution in [0, 0.1) is 6.92 Å². The predicted octanol–water partition coefficient (Wildman–Crippen LogP) is 3.15. The molecule has 0 aliphatic carbocycles. The molecule has 4 aromatic heterocycles. The molecule has 37 heavy (non-hydrogen) atoms. The Morgan fingerprint density at radius 2 is 2.11 bits per heavy atom. The third-order valence-corrected chi connectivity index (χ3v) is 6.07. The zero-order valence-corrected chi connectivity index (χ0v) is 20.5. The van der Waals surface area contributed by atoms with Gasteiger partial charge in [0, 0.05) is 49.8 Å². The van der Waals surface area contributed by atoms with Crippen molar-refractivity contribution >= 4 is 23.5 Å². The lowest BCUT2D eigenvalue weighted by atomic mass is 10.1. The first-order valence-corrected chi connectivity index (χ1v) is 12.3. The van der Waals surface area contributed by atoms with E-state index in [-0.39, 0.29) is 24.2 Å². The lowest BCUT2D eigenvalue weighted by molar-refractivity contribution is 0.0947. The highest BCUT2D eigenvalue weighted by Gasteiger charge is 2.32. The number of carbonyl (C=O) groups excluding carboxylic acids is 1. The van der Waals surface area contributed by atoms with Crippen molar-refractivity contribution in [3.8, 4) is 11.4 Å². The molecule has 1 aliphatic rings. The molecule has 0 saturated carbocycles. The van der Waals surface area contributed by atoms with Crippen molar-refractivity contribution in [2.24, 2.45) is 0 Å². The standard InChI is InChI=1S/C25H29N9O3/c1-16-13-23(32-31-16)29-22-15-19(24(36)27-10-4-5-12-35)28-25(30-22)34-11-6-8-20(34)21-14-18(33-37-21)17-7-2-3-9-26-17/h2-3,7,9,13-15,20,35H,4-6,8,10-12H2,1H3,(H,27,36)(H2,28,29,30,31,32)/t20-/m0/s1. The van der Waals surface area contributed by atoms with Gasteiger partial charge in [0.2, 0.25) is 5.95 Å². The number of hydrogen-bond donors (Lipinski definition) is 4. The normalized spacial score (nSPS) is 15.2. The minimum atomic E-state index is -0.310. The summed E-state index contributed by atoms with van der Waals surface area (Å²) in [5.74, 6) is 1.84. The summed E-state index contributed by atoms with van der Waals surface area (Å²) in [6.45, 7) is 3.14. The topological polar surface area (TPSA) is 158 Å². The summed E-state index contributed by atoms with van der Waals surface area (Å²) in [6, 6.07) is 10.9. The van der Waals surface area contributed by atoms with E-state index in [1.54, 1.807) is 12.3 Å². The average molecular weight is 504 g/mol. The molecule has 0 bridgehead atoms. The summed E-state index contributed by atoms with van der Waals surface area (Å²) >= 11 is 0. The fourth-order valence-electron chi connectivity index (χ4n) is 4.27. The summed E-state index contributed by atoms with van der Waals surface area (Å²) in [7, 11) is 0. The molecule has 1 fully saturated rings. The minimum Gasteiger partial charge on any atom is -0.396 e. The number of carbonyl (C=O) groups is 1. The highest BCUT2D eigenvalue weighted by Crippen LogP contribution is 2.36. The molecule has 0 spiro atoms. The van der Waals surface area contributed by atoms with Gasteiger partial charge >= 0.3 is 0 Å². The molecule has 12 nitrogen and oxygen atoms in total. The Bertz CT molecular complexity index is 1340. The lowest BCUT2D eigenvalue weighted by Crippen LogP contribution is -2.29. The Balaban J connectivity index is 1.42. The Morgan fingerprint density at radius 3 is 2.89 bits per heavy atom. The van der Waals surface area contributed by atoms with Gasteiger partial charge in [-0.05, 0) is 44.7 Å². The average Bonchev–Trinajstić information content (AvgIpc) is 3.68. The molecular formula is C25H29N9O3. The number of nitrogens with zero attached hydrogens (tertiary/aromatic N) is 6. The molecule has 1 saturated heterocycles. The maximum Gasteiger partial charge on any atom is 0.270 e. The van der Waals surface area contributed by atoms with E-state index in [1.165, 1.54) is 0 Å². The van der Waals surface area contributed by atoms with E-state index < -0.39 is 0 Å². The summed E-state index contributed by atoms with van der Waals surface area (Å²) in [5, 5.41) is 26.4. The summed E-state index contributed by atoms with van der Waals surface area (Å²) < 4.78 is 5.72. The van der Waals surface area contributed by atoms with Crippen molar-refractivity contribution in [3.63, 3.8) is 0 Å². The summed E-state index contributed by atoms with van der Waals surface area (Å²) in [6.07, 6.45) is 4.75. The zero-order chi connectivity index (χ0) is 25.6. The van der Waals surface area contributed by atoms with Crippen LogP contribution in [0.25, 0.3) is 11.4 Å². The van der Waals surface area contributed by atoms with Gasteiger partial charge in [0.1, 0.15) is 17.2 Å². The number of hydrogen-bond acceptors (Lipinski definition) is 10. The van der Waals surface area contributed by atoms with Gasteiger partial charge in [0.15, 0.2) is 11.6 Å².